The summed E-state index contributed by atoms with van der Waals surface area (Å²) < 4.78 is 0.596. The predicted octanol–water partition coefficient (Wildman–Crippen LogP) is 1.21. The summed E-state index contributed by atoms with van der Waals surface area (Å²) in [5.74, 6) is 0. The SMILES string of the molecule is CCCCNC(=S)S.[K]. The molecule has 0 aromatic carbocycles. The predicted molar refractivity (Wildman–Crippen MR) is 50.2 cm³/mol. The van der Waals surface area contributed by atoms with Crippen molar-refractivity contribution in [3.8, 4) is 0 Å². The first-order valence-corrected chi connectivity index (χ1v) is 3.59. The van der Waals surface area contributed by atoms with Gasteiger partial charge in [-0.3, -0.25) is 0 Å². The first-order valence-electron chi connectivity index (χ1n) is 2.74. The second kappa shape index (κ2) is 9.88. The van der Waals surface area contributed by atoms with E-state index in [0.717, 1.165) is 6.54 Å². The van der Waals surface area contributed by atoms with Crippen LogP contribution in [0.1, 0.15) is 19.8 Å². The average molecular weight is 188 g/mol. The molecule has 1 nitrogen and oxygen atoms in total. The van der Waals surface area contributed by atoms with Gasteiger partial charge in [0.2, 0.25) is 0 Å². The molecular formula is C5H11KNS2. The zero-order valence-corrected chi connectivity index (χ0v) is 10.8. The Kier molecular flexibility index (Phi) is 14.8. The van der Waals surface area contributed by atoms with Crippen LogP contribution in [0.15, 0.2) is 0 Å². The van der Waals surface area contributed by atoms with Crippen LogP contribution in [0.2, 0.25) is 0 Å². The minimum atomic E-state index is 0. The van der Waals surface area contributed by atoms with Crippen molar-refractivity contribution in [1.29, 1.82) is 0 Å². The summed E-state index contributed by atoms with van der Waals surface area (Å²) in [6.07, 6.45) is 2.37. The Hall–Kier alpha value is 1.88. The van der Waals surface area contributed by atoms with Crippen LogP contribution in [0.5, 0.6) is 0 Å². The molecule has 0 spiro atoms. The fourth-order valence-corrected chi connectivity index (χ4v) is 0.586. The molecule has 0 heterocycles. The van der Waals surface area contributed by atoms with E-state index in [-0.39, 0.29) is 51.4 Å². The van der Waals surface area contributed by atoms with E-state index < -0.39 is 0 Å². The fourth-order valence-electron chi connectivity index (χ4n) is 0.372. The van der Waals surface area contributed by atoms with E-state index in [9.17, 15) is 0 Å². The van der Waals surface area contributed by atoms with Gasteiger partial charge in [-0.15, -0.1) is 12.6 Å². The molecule has 0 aliphatic heterocycles. The fraction of sp³-hybridized carbons (Fsp3) is 0.800. The molecule has 1 radical (unpaired) electrons. The van der Waals surface area contributed by atoms with Gasteiger partial charge < -0.3 is 5.32 Å². The van der Waals surface area contributed by atoms with Crippen LogP contribution in [-0.2, 0) is 0 Å². The second-order valence-electron chi connectivity index (χ2n) is 1.59. The molecule has 0 saturated heterocycles. The van der Waals surface area contributed by atoms with Crippen LogP contribution in [-0.4, -0.2) is 62.2 Å². The Morgan fingerprint density at radius 1 is 1.67 bits per heavy atom. The van der Waals surface area contributed by atoms with Crippen LogP contribution < -0.4 is 5.32 Å². The van der Waals surface area contributed by atoms with Gasteiger partial charge >= 0.3 is 0 Å². The van der Waals surface area contributed by atoms with Crippen molar-refractivity contribution in [2.24, 2.45) is 0 Å². The quantitative estimate of drug-likeness (QED) is 0.299. The molecule has 9 heavy (non-hydrogen) atoms. The first-order chi connectivity index (χ1) is 3.77. The number of nitrogens with one attached hydrogen (secondary N) is 1. The Balaban J connectivity index is 0. The minimum Gasteiger partial charge on any atom is -0.371 e. The van der Waals surface area contributed by atoms with Crippen molar-refractivity contribution in [3.63, 3.8) is 0 Å². The van der Waals surface area contributed by atoms with Gasteiger partial charge in [-0.2, -0.15) is 0 Å². The number of unbranched alkanes of at least 4 members (excludes halogenated alkanes) is 1. The average Bonchev–Trinajstić information content (AvgIpc) is 1.66. The third-order valence-corrected chi connectivity index (χ3v) is 1.11. The number of rotatable bonds is 3. The largest absolute Gasteiger partial charge is 0.371 e. The van der Waals surface area contributed by atoms with Crippen molar-refractivity contribution in [1.82, 2.24) is 5.32 Å². The molecule has 0 bridgehead atoms. The van der Waals surface area contributed by atoms with Gasteiger partial charge in [-0.1, -0.05) is 25.6 Å². The molecule has 0 amide bonds. The molecule has 0 aliphatic rings. The number of thiocarbonyl (C=S) groups is 1. The van der Waals surface area contributed by atoms with Gasteiger partial charge in [-0.25, -0.2) is 0 Å². The molecule has 0 saturated carbocycles. The molecule has 0 atom stereocenters. The summed E-state index contributed by atoms with van der Waals surface area (Å²) in [5, 5.41) is 2.94. The summed E-state index contributed by atoms with van der Waals surface area (Å²) >= 11 is 8.55. The molecule has 1 N–H and O–H groups in total. The van der Waals surface area contributed by atoms with Crippen molar-refractivity contribution < 1.29 is 0 Å². The van der Waals surface area contributed by atoms with Crippen LogP contribution >= 0.6 is 24.8 Å². The Bertz CT molecular complexity index is 77.4. The normalized spacial score (nSPS) is 7.78. The van der Waals surface area contributed by atoms with Gasteiger partial charge in [0, 0.05) is 57.9 Å². The summed E-state index contributed by atoms with van der Waals surface area (Å²) in [6.45, 7) is 3.10. The van der Waals surface area contributed by atoms with Gasteiger partial charge in [0.1, 0.15) is 4.32 Å². The summed E-state index contributed by atoms with van der Waals surface area (Å²) in [6, 6.07) is 0. The molecular weight excluding hydrogens is 177 g/mol. The molecule has 0 fully saturated rings. The number of hydrogen-bond acceptors (Lipinski definition) is 1. The molecule has 49 valence electrons. The summed E-state index contributed by atoms with van der Waals surface area (Å²) in [5.41, 5.74) is 0. The van der Waals surface area contributed by atoms with Crippen LogP contribution in [0.25, 0.3) is 0 Å². The third-order valence-electron chi connectivity index (χ3n) is 0.807. The van der Waals surface area contributed by atoms with Crippen molar-refractivity contribution >= 4 is 80.6 Å². The number of thiol groups is 1. The van der Waals surface area contributed by atoms with E-state index in [1.165, 1.54) is 12.8 Å². The monoisotopic (exact) mass is 188 g/mol. The maximum Gasteiger partial charge on any atom is 0.130 e. The van der Waals surface area contributed by atoms with Gasteiger partial charge in [0.15, 0.2) is 0 Å². The molecule has 0 aromatic heterocycles. The van der Waals surface area contributed by atoms with Crippen LogP contribution in [0, 0.1) is 0 Å². The van der Waals surface area contributed by atoms with E-state index >= 15 is 0 Å². The van der Waals surface area contributed by atoms with E-state index in [2.05, 4.69) is 37.1 Å². The maximum atomic E-state index is 4.66. The third kappa shape index (κ3) is 13.0. The van der Waals surface area contributed by atoms with E-state index in [0.29, 0.717) is 4.32 Å². The van der Waals surface area contributed by atoms with E-state index in [4.69, 9.17) is 0 Å². The van der Waals surface area contributed by atoms with Crippen LogP contribution in [0.4, 0.5) is 0 Å². The second-order valence-corrected chi connectivity index (χ2v) is 2.74. The topological polar surface area (TPSA) is 12.0 Å². The summed E-state index contributed by atoms with van der Waals surface area (Å²) in [7, 11) is 0. The zero-order valence-electron chi connectivity index (χ0n) is 5.98. The van der Waals surface area contributed by atoms with Gasteiger partial charge in [0.25, 0.3) is 0 Å². The molecule has 0 rings (SSSR count). The van der Waals surface area contributed by atoms with Crippen molar-refractivity contribution in [2.45, 2.75) is 19.8 Å². The molecule has 0 aliphatic carbocycles. The zero-order chi connectivity index (χ0) is 6.41. The van der Waals surface area contributed by atoms with Crippen molar-refractivity contribution in [3.05, 3.63) is 0 Å². The van der Waals surface area contributed by atoms with E-state index in [1.54, 1.807) is 0 Å². The minimum absolute atomic E-state index is 0. The maximum absolute atomic E-state index is 4.66. The number of hydrogen-bond donors (Lipinski definition) is 2. The molecule has 4 heteroatoms. The van der Waals surface area contributed by atoms with Gasteiger partial charge in [-0.05, 0) is 6.42 Å². The standard InChI is InChI=1S/C5H11NS2.K/c1-2-3-4-6-5(7)8;/h2-4H2,1H3,(H2,6,7,8);. The first kappa shape index (κ1) is 13.5. The Morgan fingerprint density at radius 3 is 2.56 bits per heavy atom. The Labute approximate surface area is 110 Å². The molecule has 0 aromatic rings. The van der Waals surface area contributed by atoms with Crippen LogP contribution in [0.3, 0.4) is 0 Å². The smallest absolute Gasteiger partial charge is 0.130 e. The van der Waals surface area contributed by atoms with E-state index in [1.807, 2.05) is 0 Å². The van der Waals surface area contributed by atoms with Gasteiger partial charge in [0.05, 0.1) is 0 Å². The Morgan fingerprint density at radius 2 is 2.22 bits per heavy atom. The summed E-state index contributed by atoms with van der Waals surface area (Å²) in [4.78, 5) is 0. The van der Waals surface area contributed by atoms with Crippen molar-refractivity contribution in [2.75, 3.05) is 6.54 Å². The molecule has 0 unspecified atom stereocenters.